The summed E-state index contributed by atoms with van der Waals surface area (Å²) >= 11 is 1.66. The van der Waals surface area contributed by atoms with Crippen LogP contribution in [0.4, 0.5) is 0 Å². The van der Waals surface area contributed by atoms with Crippen LogP contribution in [0.15, 0.2) is 0 Å². The van der Waals surface area contributed by atoms with E-state index in [0.717, 1.165) is 11.2 Å². The molecule has 1 nitrogen and oxygen atoms in total. The Morgan fingerprint density at radius 3 is 2.60 bits per heavy atom. The van der Waals surface area contributed by atoms with Gasteiger partial charge in [0.15, 0.2) is 0 Å². The molecule has 0 aromatic heterocycles. The second-order valence-electron chi connectivity index (χ2n) is 3.06. The summed E-state index contributed by atoms with van der Waals surface area (Å²) in [5.74, 6) is 0.860. The van der Waals surface area contributed by atoms with Crippen LogP contribution in [0.1, 0.15) is 32.6 Å². The van der Waals surface area contributed by atoms with Gasteiger partial charge in [-0.25, -0.2) is 0 Å². The lowest BCUT2D eigenvalue weighted by atomic mass is 9.90. The van der Waals surface area contributed by atoms with Gasteiger partial charge in [-0.1, -0.05) is 19.8 Å². The SMILES string of the molecule is COSC1CCCCC1C. The zero-order chi connectivity index (χ0) is 7.40. The summed E-state index contributed by atoms with van der Waals surface area (Å²) in [5.41, 5.74) is 0. The van der Waals surface area contributed by atoms with Gasteiger partial charge in [0.25, 0.3) is 0 Å². The van der Waals surface area contributed by atoms with Gasteiger partial charge in [0, 0.05) is 5.25 Å². The average molecular weight is 160 g/mol. The average Bonchev–Trinajstić information content (AvgIpc) is 1.94. The van der Waals surface area contributed by atoms with Crippen molar-refractivity contribution in [2.24, 2.45) is 5.92 Å². The lowest BCUT2D eigenvalue weighted by Gasteiger charge is -2.26. The fourth-order valence-corrected chi connectivity index (χ4v) is 2.38. The minimum absolute atomic E-state index is 0.763. The third kappa shape index (κ3) is 2.17. The topological polar surface area (TPSA) is 9.23 Å². The molecule has 0 spiro atoms. The van der Waals surface area contributed by atoms with Crippen molar-refractivity contribution in [3.8, 4) is 0 Å². The Kier molecular flexibility index (Phi) is 3.57. The normalized spacial score (nSPS) is 34.2. The minimum atomic E-state index is 0.763. The molecule has 0 aromatic rings. The highest BCUT2D eigenvalue weighted by Crippen LogP contribution is 2.32. The van der Waals surface area contributed by atoms with Gasteiger partial charge in [0.1, 0.15) is 0 Å². The van der Waals surface area contributed by atoms with Gasteiger partial charge in [-0.15, -0.1) is 0 Å². The van der Waals surface area contributed by atoms with Crippen LogP contribution in [-0.2, 0) is 4.18 Å². The molecular weight excluding hydrogens is 144 g/mol. The maximum Gasteiger partial charge on any atom is 0.0503 e. The summed E-state index contributed by atoms with van der Waals surface area (Å²) < 4.78 is 5.07. The standard InChI is InChI=1S/C8H16OS/c1-7-5-3-4-6-8(7)10-9-2/h7-8H,3-6H2,1-2H3. The summed E-state index contributed by atoms with van der Waals surface area (Å²) in [5, 5.41) is 0.763. The molecule has 1 saturated carbocycles. The molecule has 1 fully saturated rings. The first-order valence-corrected chi connectivity index (χ1v) is 4.84. The number of rotatable bonds is 2. The molecule has 1 aliphatic carbocycles. The molecule has 0 amide bonds. The van der Waals surface area contributed by atoms with E-state index >= 15 is 0 Å². The second-order valence-corrected chi connectivity index (χ2v) is 4.19. The van der Waals surface area contributed by atoms with E-state index in [2.05, 4.69) is 6.92 Å². The Morgan fingerprint density at radius 1 is 1.30 bits per heavy atom. The molecule has 0 aliphatic heterocycles. The van der Waals surface area contributed by atoms with Gasteiger partial charge in [0.2, 0.25) is 0 Å². The molecule has 2 heteroatoms. The van der Waals surface area contributed by atoms with E-state index in [1.54, 1.807) is 19.2 Å². The molecule has 1 rings (SSSR count). The molecule has 0 heterocycles. The van der Waals surface area contributed by atoms with Crippen LogP contribution in [0.25, 0.3) is 0 Å². The van der Waals surface area contributed by atoms with E-state index in [1.165, 1.54) is 25.7 Å². The summed E-state index contributed by atoms with van der Waals surface area (Å²) in [7, 11) is 1.77. The van der Waals surface area contributed by atoms with Crippen LogP contribution in [0.3, 0.4) is 0 Å². The third-order valence-electron chi connectivity index (χ3n) is 2.25. The Bertz CT molecular complexity index is 93.3. The van der Waals surface area contributed by atoms with E-state index in [0.29, 0.717) is 0 Å². The van der Waals surface area contributed by atoms with Crippen LogP contribution in [-0.4, -0.2) is 12.4 Å². The maximum atomic E-state index is 5.07. The Hall–Kier alpha value is 0.310. The Labute approximate surface area is 67.7 Å². The van der Waals surface area contributed by atoms with Crippen LogP contribution in [0.5, 0.6) is 0 Å². The first-order valence-electron chi connectivity index (χ1n) is 4.04. The summed E-state index contributed by atoms with van der Waals surface area (Å²) in [4.78, 5) is 0. The molecule has 1 aliphatic rings. The Morgan fingerprint density at radius 2 is 2.00 bits per heavy atom. The molecule has 0 N–H and O–H groups in total. The lowest BCUT2D eigenvalue weighted by Crippen LogP contribution is -2.18. The van der Waals surface area contributed by atoms with Crippen LogP contribution < -0.4 is 0 Å². The summed E-state index contributed by atoms with van der Waals surface area (Å²) in [6, 6.07) is 0. The molecule has 2 unspecified atom stereocenters. The predicted octanol–water partition coefficient (Wildman–Crippen LogP) is 2.86. The van der Waals surface area contributed by atoms with Gasteiger partial charge in [-0.3, -0.25) is 0 Å². The minimum Gasteiger partial charge on any atom is -0.318 e. The molecule has 0 radical (unpaired) electrons. The van der Waals surface area contributed by atoms with Gasteiger partial charge in [-0.2, -0.15) is 0 Å². The van der Waals surface area contributed by atoms with Crippen molar-refractivity contribution < 1.29 is 4.18 Å². The zero-order valence-corrected chi connectivity index (χ0v) is 7.62. The molecule has 0 bridgehead atoms. The number of hydrogen-bond donors (Lipinski definition) is 0. The van der Waals surface area contributed by atoms with Crippen molar-refractivity contribution in [2.75, 3.05) is 7.11 Å². The van der Waals surface area contributed by atoms with Crippen LogP contribution >= 0.6 is 12.0 Å². The molecule has 0 saturated heterocycles. The fraction of sp³-hybridized carbons (Fsp3) is 1.00. The summed E-state index contributed by atoms with van der Waals surface area (Å²) in [6.45, 7) is 2.33. The highest BCUT2D eigenvalue weighted by atomic mass is 32.2. The van der Waals surface area contributed by atoms with Gasteiger partial charge in [-0.05, 0) is 30.8 Å². The maximum absolute atomic E-state index is 5.07. The van der Waals surface area contributed by atoms with Gasteiger partial charge in [0.05, 0.1) is 7.11 Å². The van der Waals surface area contributed by atoms with Crippen LogP contribution in [0, 0.1) is 5.92 Å². The molecule has 2 atom stereocenters. The molecular formula is C8H16OS. The van der Waals surface area contributed by atoms with Crippen molar-refractivity contribution >= 4 is 12.0 Å². The zero-order valence-electron chi connectivity index (χ0n) is 6.80. The predicted molar refractivity (Wildman–Crippen MR) is 46.0 cm³/mol. The van der Waals surface area contributed by atoms with Crippen molar-refractivity contribution in [3.05, 3.63) is 0 Å². The largest absolute Gasteiger partial charge is 0.318 e. The van der Waals surface area contributed by atoms with Crippen molar-refractivity contribution in [1.82, 2.24) is 0 Å². The first kappa shape index (κ1) is 8.41. The van der Waals surface area contributed by atoms with E-state index < -0.39 is 0 Å². The highest BCUT2D eigenvalue weighted by Gasteiger charge is 2.21. The lowest BCUT2D eigenvalue weighted by molar-refractivity contribution is 0.378. The number of hydrogen-bond acceptors (Lipinski definition) is 2. The van der Waals surface area contributed by atoms with Crippen LogP contribution in [0.2, 0.25) is 0 Å². The van der Waals surface area contributed by atoms with E-state index in [-0.39, 0.29) is 0 Å². The molecule has 10 heavy (non-hydrogen) atoms. The second kappa shape index (κ2) is 4.24. The van der Waals surface area contributed by atoms with E-state index in [1.807, 2.05) is 0 Å². The van der Waals surface area contributed by atoms with Crippen molar-refractivity contribution in [2.45, 2.75) is 37.9 Å². The van der Waals surface area contributed by atoms with Gasteiger partial charge < -0.3 is 4.18 Å². The highest BCUT2D eigenvalue weighted by molar-refractivity contribution is 7.95. The van der Waals surface area contributed by atoms with Gasteiger partial charge >= 0.3 is 0 Å². The fourth-order valence-electron chi connectivity index (χ4n) is 1.55. The van der Waals surface area contributed by atoms with Crippen molar-refractivity contribution in [3.63, 3.8) is 0 Å². The third-order valence-corrected chi connectivity index (χ3v) is 3.39. The Balaban J connectivity index is 2.25. The van der Waals surface area contributed by atoms with Crippen molar-refractivity contribution in [1.29, 1.82) is 0 Å². The smallest absolute Gasteiger partial charge is 0.0503 e. The van der Waals surface area contributed by atoms with E-state index in [4.69, 9.17) is 4.18 Å². The monoisotopic (exact) mass is 160 g/mol. The van der Waals surface area contributed by atoms with E-state index in [9.17, 15) is 0 Å². The molecule has 60 valence electrons. The quantitative estimate of drug-likeness (QED) is 0.574. The summed E-state index contributed by atoms with van der Waals surface area (Å²) in [6.07, 6.45) is 5.55. The first-order chi connectivity index (χ1) is 4.84. The molecule has 0 aromatic carbocycles.